The zero-order valence-electron chi connectivity index (χ0n) is 11.0. The van der Waals surface area contributed by atoms with Gasteiger partial charge in [0.15, 0.2) is 0 Å². The van der Waals surface area contributed by atoms with Gasteiger partial charge in [-0.3, -0.25) is 4.68 Å². The summed E-state index contributed by atoms with van der Waals surface area (Å²) in [6.45, 7) is 2.12. The van der Waals surface area contributed by atoms with Gasteiger partial charge in [0.1, 0.15) is 10.9 Å². The molecule has 1 aromatic carbocycles. The van der Waals surface area contributed by atoms with Gasteiger partial charge >= 0.3 is 0 Å². The Labute approximate surface area is 121 Å². The lowest BCUT2D eigenvalue weighted by atomic mass is 10.1. The lowest BCUT2D eigenvalue weighted by Gasteiger charge is -2.12. The number of hydrogen-bond acceptors (Lipinski definition) is 3. The van der Waals surface area contributed by atoms with Gasteiger partial charge in [0.2, 0.25) is 0 Å². The van der Waals surface area contributed by atoms with E-state index in [-0.39, 0.29) is 6.04 Å². The van der Waals surface area contributed by atoms with Gasteiger partial charge < -0.3 is 0 Å². The summed E-state index contributed by atoms with van der Waals surface area (Å²) in [6.07, 6.45) is 1.96. The topological polar surface area (TPSA) is 41.6 Å². The van der Waals surface area contributed by atoms with Gasteiger partial charge in [0.25, 0.3) is 0 Å². The Kier molecular flexibility index (Phi) is 3.36. The first-order valence-corrected chi connectivity index (χ1v) is 7.25. The van der Waals surface area contributed by atoms with E-state index >= 15 is 0 Å². The van der Waals surface area contributed by atoms with Crippen molar-refractivity contribution in [3.63, 3.8) is 0 Å². The molecule has 3 aromatic rings. The average Bonchev–Trinajstić information content (AvgIpc) is 3.15. The van der Waals surface area contributed by atoms with E-state index < -0.39 is 0 Å². The van der Waals surface area contributed by atoms with Gasteiger partial charge in [-0.2, -0.15) is 10.4 Å². The molecule has 0 amide bonds. The van der Waals surface area contributed by atoms with Gasteiger partial charge in [-0.05, 0) is 30.0 Å². The van der Waals surface area contributed by atoms with Gasteiger partial charge in [-0.15, -0.1) is 11.3 Å². The minimum absolute atomic E-state index is 0.175. The van der Waals surface area contributed by atoms with Crippen LogP contribution in [-0.4, -0.2) is 9.78 Å². The average molecular weight is 279 g/mol. The molecule has 2 aromatic heterocycles. The molecule has 0 bridgehead atoms. The van der Waals surface area contributed by atoms with E-state index in [9.17, 15) is 0 Å². The zero-order valence-corrected chi connectivity index (χ0v) is 11.8. The van der Waals surface area contributed by atoms with Crippen LogP contribution in [0.3, 0.4) is 0 Å². The fourth-order valence-corrected chi connectivity index (χ4v) is 2.87. The van der Waals surface area contributed by atoms with Crippen molar-refractivity contribution in [3.8, 4) is 17.3 Å². The highest BCUT2D eigenvalue weighted by atomic mass is 32.1. The van der Waals surface area contributed by atoms with Crippen LogP contribution < -0.4 is 0 Å². The van der Waals surface area contributed by atoms with Gasteiger partial charge in [0.05, 0.1) is 11.7 Å². The smallest absolute Gasteiger partial charge is 0.114 e. The van der Waals surface area contributed by atoms with Crippen molar-refractivity contribution in [2.75, 3.05) is 0 Å². The second kappa shape index (κ2) is 5.32. The molecule has 1 atom stereocenters. The molecule has 98 valence electrons. The molecule has 0 saturated carbocycles. The molecule has 0 aliphatic heterocycles. The van der Waals surface area contributed by atoms with Crippen molar-refractivity contribution in [2.24, 2.45) is 0 Å². The van der Waals surface area contributed by atoms with Crippen molar-refractivity contribution in [3.05, 3.63) is 64.5 Å². The van der Waals surface area contributed by atoms with E-state index in [4.69, 9.17) is 5.26 Å². The highest BCUT2D eigenvalue weighted by molar-refractivity contribution is 7.11. The molecule has 0 spiro atoms. The molecular weight excluding hydrogens is 266 g/mol. The van der Waals surface area contributed by atoms with E-state index in [0.717, 1.165) is 11.3 Å². The first-order chi connectivity index (χ1) is 9.79. The maximum atomic E-state index is 9.09. The largest absolute Gasteiger partial charge is 0.265 e. The van der Waals surface area contributed by atoms with Gasteiger partial charge in [-0.1, -0.05) is 30.3 Å². The third-order valence-electron chi connectivity index (χ3n) is 3.33. The van der Waals surface area contributed by atoms with E-state index in [1.807, 2.05) is 46.6 Å². The van der Waals surface area contributed by atoms with Crippen molar-refractivity contribution < 1.29 is 0 Å². The summed E-state index contributed by atoms with van der Waals surface area (Å²) in [4.78, 5) is 0.711. The summed E-state index contributed by atoms with van der Waals surface area (Å²) in [5, 5.41) is 15.6. The van der Waals surface area contributed by atoms with E-state index in [0.29, 0.717) is 4.88 Å². The number of hydrogen-bond donors (Lipinski definition) is 0. The molecule has 4 heteroatoms. The number of rotatable bonds is 3. The van der Waals surface area contributed by atoms with E-state index in [1.54, 1.807) is 0 Å². The number of benzene rings is 1. The number of aromatic nitrogens is 2. The van der Waals surface area contributed by atoms with Crippen LogP contribution in [0.15, 0.2) is 54.0 Å². The van der Waals surface area contributed by atoms with Crippen LogP contribution in [-0.2, 0) is 0 Å². The van der Waals surface area contributed by atoms with E-state index in [2.05, 4.69) is 30.2 Å². The quantitative estimate of drug-likeness (QED) is 0.724. The van der Waals surface area contributed by atoms with Crippen LogP contribution in [0, 0.1) is 11.3 Å². The van der Waals surface area contributed by atoms with Crippen molar-refractivity contribution >= 4 is 11.3 Å². The third kappa shape index (κ3) is 2.24. The van der Waals surface area contributed by atoms with Crippen LogP contribution in [0.25, 0.3) is 11.3 Å². The van der Waals surface area contributed by atoms with Crippen LogP contribution in [0.4, 0.5) is 0 Å². The van der Waals surface area contributed by atoms with Crippen LogP contribution in [0.2, 0.25) is 0 Å². The highest BCUT2D eigenvalue weighted by Crippen LogP contribution is 2.27. The molecule has 20 heavy (non-hydrogen) atoms. The summed E-state index contributed by atoms with van der Waals surface area (Å²) < 4.78 is 1.93. The molecule has 0 aliphatic carbocycles. The standard InChI is InChI=1S/C16H13N3S/c1-12(13-5-3-2-4-6-13)19-9-7-15(18-19)14-8-10-20-16(14)11-17/h2-10,12H,1H3. The van der Waals surface area contributed by atoms with Gasteiger partial charge in [-0.25, -0.2) is 0 Å². The molecule has 0 aliphatic rings. The second-order valence-electron chi connectivity index (χ2n) is 4.54. The fraction of sp³-hybridized carbons (Fsp3) is 0.125. The monoisotopic (exact) mass is 279 g/mol. The molecule has 1 unspecified atom stereocenters. The predicted octanol–water partition coefficient (Wildman–Crippen LogP) is 4.09. The molecule has 3 nitrogen and oxygen atoms in total. The Bertz CT molecular complexity index is 749. The van der Waals surface area contributed by atoms with Crippen LogP contribution >= 0.6 is 11.3 Å². The Morgan fingerprint density at radius 1 is 1.20 bits per heavy atom. The molecule has 0 fully saturated rings. The van der Waals surface area contributed by atoms with Crippen molar-refractivity contribution in [2.45, 2.75) is 13.0 Å². The summed E-state index contributed by atoms with van der Waals surface area (Å²) >= 11 is 1.45. The normalized spacial score (nSPS) is 12.0. The number of nitriles is 1. The number of thiophene rings is 1. The fourth-order valence-electron chi connectivity index (χ4n) is 2.18. The lowest BCUT2D eigenvalue weighted by Crippen LogP contribution is -2.07. The van der Waals surface area contributed by atoms with Crippen LogP contribution in [0.1, 0.15) is 23.4 Å². The minimum atomic E-state index is 0.175. The Hall–Kier alpha value is -2.38. The van der Waals surface area contributed by atoms with Crippen molar-refractivity contribution in [1.29, 1.82) is 5.26 Å². The van der Waals surface area contributed by atoms with Gasteiger partial charge in [0, 0.05) is 11.8 Å². The predicted molar refractivity (Wildman–Crippen MR) is 80.5 cm³/mol. The zero-order chi connectivity index (χ0) is 13.9. The summed E-state index contributed by atoms with van der Waals surface area (Å²) in [5.41, 5.74) is 2.98. The van der Waals surface area contributed by atoms with E-state index in [1.165, 1.54) is 16.9 Å². The summed E-state index contributed by atoms with van der Waals surface area (Å²) in [7, 11) is 0. The Balaban J connectivity index is 1.93. The SMILES string of the molecule is CC(c1ccccc1)n1ccc(-c2ccsc2C#N)n1. The lowest BCUT2D eigenvalue weighted by molar-refractivity contribution is 0.566. The summed E-state index contributed by atoms with van der Waals surface area (Å²) in [6, 6.07) is 16.6. The highest BCUT2D eigenvalue weighted by Gasteiger charge is 2.12. The maximum Gasteiger partial charge on any atom is 0.114 e. The molecule has 0 saturated heterocycles. The molecule has 0 N–H and O–H groups in total. The minimum Gasteiger partial charge on any atom is -0.265 e. The molecule has 0 radical (unpaired) electrons. The molecule has 2 heterocycles. The Morgan fingerprint density at radius 2 is 2.00 bits per heavy atom. The first-order valence-electron chi connectivity index (χ1n) is 6.37. The van der Waals surface area contributed by atoms with Crippen LogP contribution in [0.5, 0.6) is 0 Å². The maximum absolute atomic E-state index is 9.09. The molecular formula is C16H13N3S. The second-order valence-corrected chi connectivity index (χ2v) is 5.46. The molecule has 3 rings (SSSR count). The summed E-state index contributed by atoms with van der Waals surface area (Å²) in [5.74, 6) is 0. The Morgan fingerprint density at radius 3 is 2.75 bits per heavy atom. The van der Waals surface area contributed by atoms with Crippen molar-refractivity contribution in [1.82, 2.24) is 9.78 Å². The number of nitrogens with zero attached hydrogens (tertiary/aromatic N) is 3. The third-order valence-corrected chi connectivity index (χ3v) is 4.15. The first kappa shape index (κ1) is 12.6.